The van der Waals surface area contributed by atoms with Crippen LogP contribution in [-0.4, -0.2) is 22.2 Å². The Morgan fingerprint density at radius 3 is 2.71 bits per heavy atom. The fraction of sp³-hybridized carbons (Fsp3) is 0.692. The van der Waals surface area contributed by atoms with Crippen molar-refractivity contribution in [1.82, 2.24) is 15.1 Å². The first-order valence-electron chi connectivity index (χ1n) is 6.53. The van der Waals surface area contributed by atoms with Crippen molar-refractivity contribution in [2.24, 2.45) is 13.0 Å². The van der Waals surface area contributed by atoms with Crippen LogP contribution in [0.15, 0.2) is 12.3 Å². The van der Waals surface area contributed by atoms with E-state index in [1.54, 1.807) is 24.0 Å². The highest BCUT2D eigenvalue weighted by atomic mass is 16.2. The number of carbonyl (C=O) groups excluding carboxylic acids is 1. The molecule has 0 aliphatic heterocycles. The SMILES string of the molecule is Cn1nccc1C(=O)NCC1CCCCCC1. The molecule has 4 nitrogen and oxygen atoms in total. The Morgan fingerprint density at radius 2 is 2.12 bits per heavy atom. The minimum absolute atomic E-state index is 0.00533. The Bertz CT molecular complexity index is 364. The zero-order chi connectivity index (χ0) is 12.1. The minimum Gasteiger partial charge on any atom is -0.350 e. The summed E-state index contributed by atoms with van der Waals surface area (Å²) in [6.07, 6.45) is 9.49. The van der Waals surface area contributed by atoms with Gasteiger partial charge in [0.15, 0.2) is 0 Å². The van der Waals surface area contributed by atoms with E-state index in [9.17, 15) is 4.79 Å². The van der Waals surface area contributed by atoms with E-state index < -0.39 is 0 Å². The molecule has 94 valence electrons. The summed E-state index contributed by atoms with van der Waals surface area (Å²) < 4.78 is 1.61. The maximum Gasteiger partial charge on any atom is 0.269 e. The molecule has 1 saturated carbocycles. The molecule has 1 aromatic heterocycles. The summed E-state index contributed by atoms with van der Waals surface area (Å²) >= 11 is 0. The molecule has 1 aliphatic carbocycles. The molecule has 0 radical (unpaired) electrons. The van der Waals surface area contributed by atoms with E-state index >= 15 is 0 Å². The topological polar surface area (TPSA) is 46.9 Å². The normalized spacial score (nSPS) is 17.7. The van der Waals surface area contributed by atoms with Crippen molar-refractivity contribution < 1.29 is 4.79 Å². The largest absolute Gasteiger partial charge is 0.350 e. The fourth-order valence-corrected chi connectivity index (χ4v) is 2.49. The minimum atomic E-state index is -0.00533. The molecule has 0 aromatic carbocycles. The first kappa shape index (κ1) is 12.1. The van der Waals surface area contributed by atoms with Crippen molar-refractivity contribution in [2.45, 2.75) is 38.5 Å². The summed E-state index contributed by atoms with van der Waals surface area (Å²) in [6, 6.07) is 1.75. The molecule has 1 N–H and O–H groups in total. The highest BCUT2D eigenvalue weighted by molar-refractivity contribution is 5.92. The molecular weight excluding hydrogens is 214 g/mol. The molecule has 0 spiro atoms. The molecule has 1 heterocycles. The summed E-state index contributed by atoms with van der Waals surface area (Å²) in [4.78, 5) is 11.9. The molecular formula is C13H21N3O. The average molecular weight is 235 g/mol. The molecule has 0 bridgehead atoms. The standard InChI is InChI=1S/C13H21N3O/c1-16-12(8-9-15-16)13(17)14-10-11-6-4-2-3-5-7-11/h8-9,11H,2-7,10H2,1H3,(H,14,17). The third kappa shape index (κ3) is 3.32. The van der Waals surface area contributed by atoms with Gasteiger partial charge in [0, 0.05) is 19.8 Å². The fourth-order valence-electron chi connectivity index (χ4n) is 2.49. The molecule has 0 unspecified atom stereocenters. The second-order valence-corrected chi connectivity index (χ2v) is 4.91. The van der Waals surface area contributed by atoms with Crippen LogP contribution in [0.4, 0.5) is 0 Å². The Hall–Kier alpha value is -1.32. The van der Waals surface area contributed by atoms with E-state index in [-0.39, 0.29) is 5.91 Å². The summed E-state index contributed by atoms with van der Waals surface area (Å²) in [7, 11) is 1.79. The van der Waals surface area contributed by atoms with E-state index in [1.807, 2.05) is 0 Å². The number of amides is 1. The van der Waals surface area contributed by atoms with Crippen LogP contribution in [0.1, 0.15) is 49.0 Å². The molecule has 1 aliphatic rings. The van der Waals surface area contributed by atoms with Crippen molar-refractivity contribution in [1.29, 1.82) is 0 Å². The predicted octanol–water partition coefficient (Wildman–Crippen LogP) is 2.12. The van der Waals surface area contributed by atoms with Gasteiger partial charge in [-0.05, 0) is 24.8 Å². The summed E-state index contributed by atoms with van der Waals surface area (Å²) in [6.45, 7) is 0.810. The lowest BCUT2D eigenvalue weighted by atomic mass is 10.0. The summed E-state index contributed by atoms with van der Waals surface area (Å²) in [5, 5.41) is 7.03. The molecule has 1 aromatic rings. The third-order valence-electron chi connectivity index (χ3n) is 3.58. The lowest BCUT2D eigenvalue weighted by molar-refractivity contribution is 0.0936. The molecule has 4 heteroatoms. The summed E-state index contributed by atoms with van der Waals surface area (Å²) in [5.41, 5.74) is 0.638. The van der Waals surface area contributed by atoms with Gasteiger partial charge in [0.25, 0.3) is 5.91 Å². The van der Waals surface area contributed by atoms with Gasteiger partial charge in [-0.25, -0.2) is 0 Å². The molecule has 0 atom stereocenters. The quantitative estimate of drug-likeness (QED) is 0.816. The van der Waals surface area contributed by atoms with Crippen LogP contribution in [0.2, 0.25) is 0 Å². The zero-order valence-electron chi connectivity index (χ0n) is 10.5. The molecule has 17 heavy (non-hydrogen) atoms. The molecule has 2 rings (SSSR count). The average Bonchev–Trinajstić information content (AvgIpc) is 2.61. The van der Waals surface area contributed by atoms with E-state index in [1.165, 1.54) is 38.5 Å². The first-order valence-corrected chi connectivity index (χ1v) is 6.53. The van der Waals surface area contributed by atoms with Gasteiger partial charge in [-0.1, -0.05) is 25.7 Å². The number of rotatable bonds is 3. The molecule has 1 fully saturated rings. The van der Waals surface area contributed by atoms with E-state index in [4.69, 9.17) is 0 Å². The van der Waals surface area contributed by atoms with Crippen LogP contribution in [0, 0.1) is 5.92 Å². The van der Waals surface area contributed by atoms with Crippen molar-refractivity contribution in [2.75, 3.05) is 6.54 Å². The van der Waals surface area contributed by atoms with E-state index in [2.05, 4.69) is 10.4 Å². The number of aryl methyl sites for hydroxylation is 1. The maximum atomic E-state index is 11.9. The van der Waals surface area contributed by atoms with Gasteiger partial charge in [0.05, 0.1) is 0 Å². The second kappa shape index (κ2) is 5.84. The Balaban J connectivity index is 1.81. The number of hydrogen-bond acceptors (Lipinski definition) is 2. The maximum absolute atomic E-state index is 11.9. The van der Waals surface area contributed by atoms with Gasteiger partial charge >= 0.3 is 0 Å². The number of nitrogens with one attached hydrogen (secondary N) is 1. The van der Waals surface area contributed by atoms with Crippen LogP contribution >= 0.6 is 0 Å². The number of nitrogens with zero attached hydrogens (tertiary/aromatic N) is 2. The number of carbonyl (C=O) groups is 1. The lowest BCUT2D eigenvalue weighted by Crippen LogP contribution is -2.30. The van der Waals surface area contributed by atoms with Gasteiger partial charge in [0.2, 0.25) is 0 Å². The smallest absolute Gasteiger partial charge is 0.269 e. The van der Waals surface area contributed by atoms with Gasteiger partial charge in [-0.3, -0.25) is 9.48 Å². The number of hydrogen-bond donors (Lipinski definition) is 1. The molecule has 1 amide bonds. The van der Waals surface area contributed by atoms with Crippen LogP contribution in [0.3, 0.4) is 0 Å². The predicted molar refractivity (Wildman–Crippen MR) is 66.7 cm³/mol. The van der Waals surface area contributed by atoms with Crippen LogP contribution in [-0.2, 0) is 7.05 Å². The third-order valence-corrected chi connectivity index (χ3v) is 3.58. The second-order valence-electron chi connectivity index (χ2n) is 4.91. The first-order chi connectivity index (χ1) is 8.27. The van der Waals surface area contributed by atoms with Gasteiger partial charge in [-0.15, -0.1) is 0 Å². The van der Waals surface area contributed by atoms with Crippen LogP contribution in [0.5, 0.6) is 0 Å². The highest BCUT2D eigenvalue weighted by Gasteiger charge is 2.15. The van der Waals surface area contributed by atoms with E-state index in [0.29, 0.717) is 11.6 Å². The Kier molecular flexibility index (Phi) is 4.18. The van der Waals surface area contributed by atoms with Crippen molar-refractivity contribution in [3.63, 3.8) is 0 Å². The summed E-state index contributed by atoms with van der Waals surface area (Å²) in [5.74, 6) is 0.656. The van der Waals surface area contributed by atoms with Crippen LogP contribution in [0.25, 0.3) is 0 Å². The Labute approximate surface area is 102 Å². The van der Waals surface area contributed by atoms with Crippen molar-refractivity contribution in [3.8, 4) is 0 Å². The molecule has 0 saturated heterocycles. The lowest BCUT2D eigenvalue weighted by Gasteiger charge is -2.14. The number of aromatic nitrogens is 2. The van der Waals surface area contributed by atoms with Crippen LogP contribution < -0.4 is 5.32 Å². The van der Waals surface area contributed by atoms with Crippen molar-refractivity contribution >= 4 is 5.91 Å². The highest BCUT2D eigenvalue weighted by Crippen LogP contribution is 2.22. The van der Waals surface area contributed by atoms with Gasteiger partial charge < -0.3 is 5.32 Å². The van der Waals surface area contributed by atoms with Gasteiger partial charge in [0.1, 0.15) is 5.69 Å². The zero-order valence-corrected chi connectivity index (χ0v) is 10.5. The van der Waals surface area contributed by atoms with E-state index in [0.717, 1.165) is 6.54 Å². The van der Waals surface area contributed by atoms with Gasteiger partial charge in [-0.2, -0.15) is 5.10 Å². The van der Waals surface area contributed by atoms with Crippen molar-refractivity contribution in [3.05, 3.63) is 18.0 Å². The Morgan fingerprint density at radius 1 is 1.41 bits per heavy atom. The monoisotopic (exact) mass is 235 g/mol.